The van der Waals surface area contributed by atoms with Crippen molar-refractivity contribution >= 4 is 23.6 Å². The van der Waals surface area contributed by atoms with Crippen LogP contribution in [0.2, 0.25) is 0 Å². The van der Waals surface area contributed by atoms with Gasteiger partial charge in [-0.25, -0.2) is 9.59 Å². The molecule has 0 aliphatic carbocycles. The Morgan fingerprint density at radius 2 is 2.00 bits per heavy atom. The monoisotopic (exact) mass is 295 g/mol. The average molecular weight is 295 g/mol. The van der Waals surface area contributed by atoms with E-state index in [2.05, 4.69) is 0 Å². The number of esters is 1. The van der Waals surface area contributed by atoms with Gasteiger partial charge in [-0.1, -0.05) is 6.07 Å². The van der Waals surface area contributed by atoms with E-state index in [1.807, 2.05) is 0 Å². The number of amides is 3. The van der Waals surface area contributed by atoms with Crippen molar-refractivity contribution in [2.75, 3.05) is 0 Å². The van der Waals surface area contributed by atoms with Crippen molar-refractivity contribution in [1.82, 2.24) is 5.32 Å². The normalized spacial score (nSPS) is 11.3. The molecular weight excluding hydrogens is 282 g/mol. The predicted octanol–water partition coefficient (Wildman–Crippen LogP) is 0.643. The van der Waals surface area contributed by atoms with Gasteiger partial charge in [-0.2, -0.15) is 0 Å². The summed E-state index contributed by atoms with van der Waals surface area (Å²) in [5.74, 6) is -1.80. The number of primary amides is 1. The summed E-state index contributed by atoms with van der Waals surface area (Å²) in [4.78, 5) is 44.0. The second kappa shape index (κ2) is 6.46. The molecule has 1 atom stereocenters. The van der Waals surface area contributed by atoms with Crippen LogP contribution >= 0.6 is 0 Å². The van der Waals surface area contributed by atoms with E-state index < -0.39 is 28.9 Å². The molecule has 3 N–H and O–H groups in total. The number of hydrogen-bond acceptors (Lipinski definition) is 6. The highest BCUT2D eigenvalue weighted by atomic mass is 16.6. The number of nitrogens with one attached hydrogen (secondary N) is 1. The third-order valence-corrected chi connectivity index (χ3v) is 2.62. The first-order valence-corrected chi connectivity index (χ1v) is 5.79. The number of carbonyl (C=O) groups is 3. The molecule has 0 aliphatic heterocycles. The number of nitrogens with zero attached hydrogens (tertiary/aromatic N) is 1. The number of nitro benzene ring substituents is 1. The van der Waals surface area contributed by atoms with Crippen LogP contribution in [0.4, 0.5) is 10.5 Å². The molecule has 3 amide bonds. The highest BCUT2D eigenvalue weighted by Crippen LogP contribution is 2.22. The molecule has 0 bridgehead atoms. The Morgan fingerprint density at radius 3 is 2.52 bits per heavy atom. The zero-order valence-corrected chi connectivity index (χ0v) is 11.3. The maximum atomic E-state index is 11.9. The number of ether oxygens (including phenoxy) is 1. The van der Waals surface area contributed by atoms with Gasteiger partial charge in [0.15, 0.2) is 6.10 Å². The molecule has 1 aromatic carbocycles. The van der Waals surface area contributed by atoms with Gasteiger partial charge in [-0.15, -0.1) is 0 Å². The van der Waals surface area contributed by atoms with Gasteiger partial charge in [0.2, 0.25) is 0 Å². The molecule has 0 unspecified atom stereocenters. The molecule has 1 rings (SSSR count). The van der Waals surface area contributed by atoms with Crippen LogP contribution in [0.3, 0.4) is 0 Å². The molecule has 0 radical (unpaired) electrons. The van der Waals surface area contributed by atoms with Gasteiger partial charge < -0.3 is 10.5 Å². The summed E-state index contributed by atoms with van der Waals surface area (Å²) in [6.07, 6.45) is -1.27. The lowest BCUT2D eigenvalue weighted by Gasteiger charge is -2.13. The number of nitrogens with two attached hydrogens (primary N) is 1. The van der Waals surface area contributed by atoms with Crippen molar-refractivity contribution in [3.05, 3.63) is 39.4 Å². The fraction of sp³-hybridized carbons (Fsp3) is 0.250. The highest BCUT2D eigenvalue weighted by Gasteiger charge is 2.23. The number of imide groups is 1. The first kappa shape index (κ1) is 16.1. The van der Waals surface area contributed by atoms with E-state index in [9.17, 15) is 24.5 Å². The zero-order chi connectivity index (χ0) is 16.2. The smallest absolute Gasteiger partial charge is 0.339 e. The molecule has 112 valence electrons. The largest absolute Gasteiger partial charge is 0.449 e. The number of hydrogen-bond donors (Lipinski definition) is 2. The van der Waals surface area contributed by atoms with E-state index in [4.69, 9.17) is 10.5 Å². The van der Waals surface area contributed by atoms with Crippen LogP contribution in [0.25, 0.3) is 0 Å². The Bertz CT molecular complexity index is 613. The first-order chi connectivity index (χ1) is 9.73. The Morgan fingerprint density at radius 1 is 1.38 bits per heavy atom. The van der Waals surface area contributed by atoms with Crippen LogP contribution in [-0.2, 0) is 9.53 Å². The molecule has 9 nitrogen and oxygen atoms in total. The van der Waals surface area contributed by atoms with Crippen molar-refractivity contribution < 1.29 is 24.0 Å². The van der Waals surface area contributed by atoms with E-state index in [1.165, 1.54) is 32.0 Å². The van der Waals surface area contributed by atoms with E-state index in [0.717, 1.165) is 0 Å². The second-order valence-electron chi connectivity index (χ2n) is 4.11. The third kappa shape index (κ3) is 4.00. The summed E-state index contributed by atoms with van der Waals surface area (Å²) in [6.45, 7) is 2.63. The highest BCUT2D eigenvalue weighted by molar-refractivity contribution is 5.98. The fourth-order valence-electron chi connectivity index (χ4n) is 1.54. The minimum Gasteiger partial charge on any atom is -0.449 e. The zero-order valence-electron chi connectivity index (χ0n) is 11.3. The Balaban J connectivity index is 2.90. The van der Waals surface area contributed by atoms with Crippen molar-refractivity contribution in [1.29, 1.82) is 0 Å². The topological polar surface area (TPSA) is 142 Å². The van der Waals surface area contributed by atoms with Crippen LogP contribution in [0.1, 0.15) is 22.8 Å². The van der Waals surface area contributed by atoms with Crippen LogP contribution in [-0.4, -0.2) is 28.9 Å². The number of urea groups is 1. The van der Waals surface area contributed by atoms with Gasteiger partial charge in [0, 0.05) is 11.6 Å². The van der Waals surface area contributed by atoms with Crippen molar-refractivity contribution in [3.8, 4) is 0 Å². The van der Waals surface area contributed by atoms with Crippen LogP contribution in [0.15, 0.2) is 18.2 Å². The van der Waals surface area contributed by atoms with Crippen LogP contribution in [0, 0.1) is 17.0 Å². The fourth-order valence-corrected chi connectivity index (χ4v) is 1.54. The lowest BCUT2D eigenvalue weighted by molar-refractivity contribution is -0.385. The van der Waals surface area contributed by atoms with Crippen molar-refractivity contribution in [2.45, 2.75) is 20.0 Å². The quantitative estimate of drug-likeness (QED) is 0.474. The molecule has 0 saturated carbocycles. The first-order valence-electron chi connectivity index (χ1n) is 5.79. The molecule has 0 fully saturated rings. The minimum absolute atomic E-state index is 0.0390. The van der Waals surface area contributed by atoms with Gasteiger partial charge in [0.1, 0.15) is 0 Å². The van der Waals surface area contributed by atoms with Gasteiger partial charge >= 0.3 is 12.0 Å². The maximum absolute atomic E-state index is 11.9. The van der Waals surface area contributed by atoms with Crippen LogP contribution in [0.5, 0.6) is 0 Å². The van der Waals surface area contributed by atoms with E-state index in [1.54, 1.807) is 5.32 Å². The van der Waals surface area contributed by atoms with Gasteiger partial charge in [-0.05, 0) is 19.9 Å². The molecule has 9 heteroatoms. The van der Waals surface area contributed by atoms with Gasteiger partial charge in [0.25, 0.3) is 11.6 Å². The SMILES string of the molecule is Cc1c(C(=O)O[C@@H](C)C(=O)NC(N)=O)cccc1[N+](=O)[O-]. The number of carbonyl (C=O) groups excluding carboxylic acids is 3. The Kier molecular flexibility index (Phi) is 4.95. The Labute approximate surface area is 119 Å². The van der Waals surface area contributed by atoms with E-state index in [0.29, 0.717) is 0 Å². The summed E-state index contributed by atoms with van der Waals surface area (Å²) < 4.78 is 4.83. The number of rotatable bonds is 4. The summed E-state index contributed by atoms with van der Waals surface area (Å²) >= 11 is 0. The summed E-state index contributed by atoms with van der Waals surface area (Å²) in [5, 5.41) is 12.5. The Hall–Kier alpha value is -2.97. The second-order valence-corrected chi connectivity index (χ2v) is 4.11. The average Bonchev–Trinajstić information content (AvgIpc) is 2.37. The van der Waals surface area contributed by atoms with Gasteiger partial charge in [0.05, 0.1) is 10.5 Å². The lowest BCUT2D eigenvalue weighted by Crippen LogP contribution is -2.42. The molecule has 0 aromatic heterocycles. The molecular formula is C12H13N3O6. The summed E-state index contributed by atoms with van der Waals surface area (Å²) in [5.41, 5.74) is 4.61. The van der Waals surface area contributed by atoms with Crippen molar-refractivity contribution in [2.24, 2.45) is 5.73 Å². The maximum Gasteiger partial charge on any atom is 0.339 e. The molecule has 0 saturated heterocycles. The van der Waals surface area contributed by atoms with Gasteiger partial charge in [-0.3, -0.25) is 20.2 Å². The minimum atomic E-state index is -1.27. The molecule has 0 spiro atoms. The standard InChI is InChI=1S/C12H13N3O6/c1-6-8(4-3-5-9(6)15(19)20)11(17)21-7(2)10(16)14-12(13)18/h3-5,7H,1-2H3,(H3,13,14,16,18)/t7-/m0/s1. The molecule has 1 aromatic rings. The number of benzene rings is 1. The van der Waals surface area contributed by atoms with Crippen molar-refractivity contribution in [3.63, 3.8) is 0 Å². The molecule has 0 heterocycles. The van der Waals surface area contributed by atoms with Crippen LogP contribution < -0.4 is 11.1 Å². The molecule has 21 heavy (non-hydrogen) atoms. The predicted molar refractivity (Wildman–Crippen MR) is 70.4 cm³/mol. The summed E-state index contributed by atoms with van der Waals surface area (Å²) in [7, 11) is 0. The third-order valence-electron chi connectivity index (χ3n) is 2.62. The van der Waals surface area contributed by atoms with E-state index >= 15 is 0 Å². The lowest BCUT2D eigenvalue weighted by atomic mass is 10.1. The molecule has 0 aliphatic rings. The summed E-state index contributed by atoms with van der Waals surface area (Å²) in [6, 6.07) is 2.84. The van der Waals surface area contributed by atoms with E-state index in [-0.39, 0.29) is 16.8 Å². The number of nitro groups is 1.